The third kappa shape index (κ3) is 4.83. The highest BCUT2D eigenvalue weighted by atomic mass is 32.2. The molecular weight excluding hydrogens is 508 g/mol. The fourth-order valence-electron chi connectivity index (χ4n) is 3.50. The van der Waals surface area contributed by atoms with Gasteiger partial charge in [-0.2, -0.15) is 0 Å². The van der Waals surface area contributed by atoms with E-state index in [0.717, 1.165) is 23.5 Å². The maximum absolute atomic E-state index is 14.3. The minimum absolute atomic E-state index is 0.00184. The van der Waals surface area contributed by atoms with Gasteiger partial charge in [0.1, 0.15) is 17.1 Å². The second kappa shape index (κ2) is 9.51. The van der Waals surface area contributed by atoms with Crippen LogP contribution in [0.15, 0.2) is 94.4 Å². The molecule has 5 aromatic rings. The molecular formula is C25H17F2N3O4S2. The van der Waals surface area contributed by atoms with Gasteiger partial charge in [-0.05, 0) is 54.6 Å². The first-order chi connectivity index (χ1) is 17.3. The number of thiazole rings is 1. The lowest BCUT2D eigenvalue weighted by Gasteiger charge is -2.19. The molecule has 182 valence electrons. The van der Waals surface area contributed by atoms with E-state index in [4.69, 9.17) is 4.42 Å². The molecule has 0 saturated heterocycles. The van der Waals surface area contributed by atoms with Crippen molar-refractivity contribution < 1.29 is 26.4 Å². The van der Waals surface area contributed by atoms with Crippen LogP contribution in [0, 0.1) is 11.6 Å². The molecule has 0 spiro atoms. The van der Waals surface area contributed by atoms with Gasteiger partial charge in [-0.1, -0.05) is 29.5 Å². The molecule has 2 aromatic heterocycles. The molecule has 5 rings (SSSR count). The molecule has 3 aromatic carbocycles. The Morgan fingerprint density at radius 2 is 1.75 bits per heavy atom. The SMILES string of the molecule is O=C(c1ccc(NS(=O)(=O)c2ccccc2)cc1)N(Cc1ccco1)c1nc2c(F)cc(F)cc2s1. The molecule has 0 aliphatic heterocycles. The van der Waals surface area contributed by atoms with Crippen molar-refractivity contribution >= 4 is 48.3 Å². The van der Waals surface area contributed by atoms with Crippen molar-refractivity contribution in [3.63, 3.8) is 0 Å². The number of rotatable bonds is 7. The number of hydrogen-bond donors (Lipinski definition) is 1. The fourth-order valence-corrected chi connectivity index (χ4v) is 5.58. The summed E-state index contributed by atoms with van der Waals surface area (Å²) in [5, 5.41) is 0.157. The topological polar surface area (TPSA) is 92.5 Å². The van der Waals surface area contributed by atoms with Gasteiger partial charge in [-0.15, -0.1) is 0 Å². The van der Waals surface area contributed by atoms with Gasteiger partial charge in [-0.25, -0.2) is 22.2 Å². The van der Waals surface area contributed by atoms with E-state index in [1.54, 1.807) is 30.3 Å². The van der Waals surface area contributed by atoms with E-state index < -0.39 is 27.6 Å². The molecule has 11 heteroatoms. The van der Waals surface area contributed by atoms with Crippen LogP contribution in [0.2, 0.25) is 0 Å². The Hall–Kier alpha value is -4.09. The predicted molar refractivity (Wildman–Crippen MR) is 132 cm³/mol. The van der Waals surface area contributed by atoms with Crippen molar-refractivity contribution in [2.45, 2.75) is 11.4 Å². The smallest absolute Gasteiger partial charge is 0.261 e. The molecule has 0 bridgehead atoms. The van der Waals surface area contributed by atoms with Crippen LogP contribution < -0.4 is 9.62 Å². The third-order valence-corrected chi connectivity index (χ3v) is 7.63. The van der Waals surface area contributed by atoms with Crippen molar-refractivity contribution in [2.24, 2.45) is 0 Å². The van der Waals surface area contributed by atoms with Crippen LogP contribution in [-0.2, 0) is 16.6 Å². The van der Waals surface area contributed by atoms with Crippen LogP contribution in [0.3, 0.4) is 0 Å². The lowest BCUT2D eigenvalue weighted by atomic mass is 10.2. The summed E-state index contributed by atoms with van der Waals surface area (Å²) in [5.41, 5.74) is 0.458. The lowest BCUT2D eigenvalue weighted by molar-refractivity contribution is 0.0983. The Morgan fingerprint density at radius 1 is 1.00 bits per heavy atom. The summed E-state index contributed by atoms with van der Waals surface area (Å²) in [6, 6.07) is 19.0. The summed E-state index contributed by atoms with van der Waals surface area (Å²) in [7, 11) is -3.79. The minimum Gasteiger partial charge on any atom is -0.467 e. The Balaban J connectivity index is 1.44. The number of nitrogens with one attached hydrogen (secondary N) is 1. The highest BCUT2D eigenvalue weighted by Crippen LogP contribution is 2.33. The van der Waals surface area contributed by atoms with Crippen LogP contribution in [-0.4, -0.2) is 19.3 Å². The summed E-state index contributed by atoms with van der Waals surface area (Å²) >= 11 is 0.968. The quantitative estimate of drug-likeness (QED) is 0.289. The molecule has 36 heavy (non-hydrogen) atoms. The van der Waals surface area contributed by atoms with Crippen LogP contribution in [0.5, 0.6) is 0 Å². The lowest BCUT2D eigenvalue weighted by Crippen LogP contribution is -2.30. The van der Waals surface area contributed by atoms with E-state index in [1.807, 2.05) is 0 Å². The normalized spacial score (nSPS) is 11.5. The van der Waals surface area contributed by atoms with E-state index in [9.17, 15) is 22.0 Å². The second-order valence-electron chi connectivity index (χ2n) is 7.70. The number of fused-ring (bicyclic) bond motifs is 1. The van der Waals surface area contributed by atoms with Crippen molar-refractivity contribution in [3.8, 4) is 0 Å². The Labute approximate surface area is 208 Å². The van der Waals surface area contributed by atoms with Crippen molar-refractivity contribution in [1.29, 1.82) is 0 Å². The molecule has 2 heterocycles. The molecule has 1 N–H and O–H groups in total. The van der Waals surface area contributed by atoms with E-state index in [0.29, 0.717) is 5.76 Å². The first-order valence-electron chi connectivity index (χ1n) is 10.6. The highest BCUT2D eigenvalue weighted by Gasteiger charge is 2.24. The van der Waals surface area contributed by atoms with Crippen LogP contribution in [0.25, 0.3) is 10.2 Å². The molecule has 1 amide bonds. The second-order valence-corrected chi connectivity index (χ2v) is 10.4. The maximum atomic E-state index is 14.3. The Bertz CT molecular complexity index is 1640. The summed E-state index contributed by atoms with van der Waals surface area (Å²) in [5.74, 6) is -1.59. The molecule has 0 aliphatic carbocycles. The zero-order chi connectivity index (χ0) is 25.3. The summed E-state index contributed by atoms with van der Waals surface area (Å²) in [4.78, 5) is 19.1. The van der Waals surface area contributed by atoms with Gasteiger partial charge in [0, 0.05) is 17.3 Å². The number of amides is 1. The first-order valence-corrected chi connectivity index (χ1v) is 12.9. The van der Waals surface area contributed by atoms with Gasteiger partial charge < -0.3 is 4.42 Å². The number of sulfonamides is 1. The average molecular weight is 526 g/mol. The van der Waals surface area contributed by atoms with Gasteiger partial charge in [-0.3, -0.25) is 14.4 Å². The number of nitrogens with zero attached hydrogens (tertiary/aromatic N) is 2. The fraction of sp³-hybridized carbons (Fsp3) is 0.0400. The molecule has 0 unspecified atom stereocenters. The summed E-state index contributed by atoms with van der Waals surface area (Å²) in [6.07, 6.45) is 1.46. The van der Waals surface area contributed by atoms with Crippen LogP contribution >= 0.6 is 11.3 Å². The molecule has 0 radical (unpaired) electrons. The molecule has 0 aliphatic rings. The number of aromatic nitrogens is 1. The monoisotopic (exact) mass is 525 g/mol. The highest BCUT2D eigenvalue weighted by molar-refractivity contribution is 7.92. The van der Waals surface area contributed by atoms with E-state index in [-0.39, 0.29) is 38.0 Å². The Morgan fingerprint density at radius 3 is 2.44 bits per heavy atom. The van der Waals surface area contributed by atoms with E-state index >= 15 is 0 Å². The van der Waals surface area contributed by atoms with Gasteiger partial charge >= 0.3 is 0 Å². The minimum atomic E-state index is -3.79. The van der Waals surface area contributed by atoms with Crippen molar-refractivity contribution in [1.82, 2.24) is 4.98 Å². The molecule has 7 nitrogen and oxygen atoms in total. The number of anilines is 2. The summed E-state index contributed by atoms with van der Waals surface area (Å²) in [6.45, 7) is -0.00184. The largest absolute Gasteiger partial charge is 0.467 e. The number of halogens is 2. The van der Waals surface area contributed by atoms with Crippen molar-refractivity contribution in [2.75, 3.05) is 9.62 Å². The summed E-state index contributed by atoms with van der Waals surface area (Å²) < 4.78 is 61.2. The molecule has 0 fully saturated rings. The third-order valence-electron chi connectivity index (χ3n) is 5.21. The molecule has 0 saturated carbocycles. The first kappa shape index (κ1) is 23.6. The predicted octanol–water partition coefficient (Wildman–Crippen LogP) is 5.82. The number of carbonyl (C=O) groups excluding carboxylic acids is 1. The van der Waals surface area contributed by atoms with Gasteiger partial charge in [0.25, 0.3) is 15.9 Å². The van der Waals surface area contributed by atoms with Crippen LogP contribution in [0.1, 0.15) is 16.1 Å². The standard InChI is InChI=1S/C25H17F2N3O4S2/c26-17-13-21(27)23-22(14-17)35-25(28-23)30(15-19-5-4-12-34-19)24(31)16-8-10-18(11-9-16)29-36(32,33)20-6-2-1-3-7-20/h1-14,29H,15H2. The maximum Gasteiger partial charge on any atom is 0.261 e. The zero-order valence-corrected chi connectivity index (χ0v) is 20.0. The molecule has 0 atom stereocenters. The van der Waals surface area contributed by atoms with Gasteiger partial charge in [0.15, 0.2) is 10.9 Å². The number of hydrogen-bond acceptors (Lipinski definition) is 6. The Kier molecular flexibility index (Phi) is 6.25. The van der Waals surface area contributed by atoms with Gasteiger partial charge in [0.2, 0.25) is 0 Å². The van der Waals surface area contributed by atoms with E-state index in [2.05, 4.69) is 9.71 Å². The zero-order valence-electron chi connectivity index (χ0n) is 18.4. The van der Waals surface area contributed by atoms with E-state index in [1.165, 1.54) is 47.6 Å². The van der Waals surface area contributed by atoms with Crippen LogP contribution in [0.4, 0.5) is 19.6 Å². The van der Waals surface area contributed by atoms with Crippen molar-refractivity contribution in [3.05, 3.63) is 108 Å². The average Bonchev–Trinajstić information content (AvgIpc) is 3.53. The number of benzene rings is 3. The number of carbonyl (C=O) groups is 1. The number of furan rings is 1. The van der Waals surface area contributed by atoms with Gasteiger partial charge in [0.05, 0.1) is 22.4 Å².